The summed E-state index contributed by atoms with van der Waals surface area (Å²) in [6.07, 6.45) is 9.63. The van der Waals surface area contributed by atoms with Crippen molar-refractivity contribution >= 4 is 46.3 Å². The molecule has 2 aromatic rings. The maximum atomic E-state index is 12.2. The van der Waals surface area contributed by atoms with Crippen molar-refractivity contribution in [2.45, 2.75) is 6.92 Å². The molecular formula is C17H19NOS2. The van der Waals surface area contributed by atoms with Crippen molar-refractivity contribution in [1.29, 1.82) is 0 Å². The number of hydrogen-bond acceptors (Lipinski definition) is 3. The quantitative estimate of drug-likeness (QED) is 0.745. The molecule has 0 fully saturated rings. The summed E-state index contributed by atoms with van der Waals surface area (Å²) in [5.41, 5.74) is 3.06. The van der Waals surface area contributed by atoms with Gasteiger partial charge in [-0.1, -0.05) is 18.2 Å². The number of thioether (sulfide) groups is 2. The first-order valence-corrected chi connectivity index (χ1v) is 9.08. The molecular weight excluding hydrogens is 298 g/mol. The average molecular weight is 317 g/mol. The van der Waals surface area contributed by atoms with E-state index in [4.69, 9.17) is 0 Å². The van der Waals surface area contributed by atoms with Crippen LogP contribution in [-0.2, 0) is 11.8 Å². The Kier molecular flexibility index (Phi) is 5.37. The summed E-state index contributed by atoms with van der Waals surface area (Å²) in [6.45, 7) is 1.89. The van der Waals surface area contributed by atoms with E-state index >= 15 is 0 Å². The van der Waals surface area contributed by atoms with Gasteiger partial charge >= 0.3 is 0 Å². The number of para-hydroxylation sites is 1. The molecule has 0 aliphatic heterocycles. The molecule has 4 heteroatoms. The van der Waals surface area contributed by atoms with Crippen molar-refractivity contribution in [3.8, 4) is 0 Å². The van der Waals surface area contributed by atoms with Gasteiger partial charge in [0.05, 0.1) is 0 Å². The van der Waals surface area contributed by atoms with Crippen molar-refractivity contribution in [1.82, 2.24) is 4.57 Å². The van der Waals surface area contributed by atoms with Gasteiger partial charge in [-0.15, -0.1) is 23.5 Å². The van der Waals surface area contributed by atoms with E-state index in [2.05, 4.69) is 22.9 Å². The topological polar surface area (TPSA) is 22.0 Å². The highest BCUT2D eigenvalue weighted by atomic mass is 32.2. The fourth-order valence-corrected chi connectivity index (χ4v) is 3.77. The van der Waals surface area contributed by atoms with Gasteiger partial charge in [0.2, 0.25) is 0 Å². The van der Waals surface area contributed by atoms with Crippen LogP contribution >= 0.6 is 23.5 Å². The number of carbonyl (C=O) groups excluding carboxylic acids is 1. The lowest BCUT2D eigenvalue weighted by Crippen LogP contribution is -1.96. The van der Waals surface area contributed by atoms with Gasteiger partial charge < -0.3 is 4.57 Å². The molecule has 0 N–H and O–H groups in total. The molecule has 1 heterocycles. The predicted molar refractivity (Wildman–Crippen MR) is 96.7 cm³/mol. The van der Waals surface area contributed by atoms with Crippen molar-refractivity contribution in [2.75, 3.05) is 12.5 Å². The van der Waals surface area contributed by atoms with E-state index in [1.54, 1.807) is 29.6 Å². The third kappa shape index (κ3) is 3.44. The first kappa shape index (κ1) is 16.0. The van der Waals surface area contributed by atoms with E-state index in [-0.39, 0.29) is 5.78 Å². The Bertz CT molecular complexity index is 719. The summed E-state index contributed by atoms with van der Waals surface area (Å²) < 4.78 is 3.15. The monoisotopic (exact) mass is 317 g/mol. The fourth-order valence-electron chi connectivity index (χ4n) is 2.29. The summed E-state index contributed by atoms with van der Waals surface area (Å²) in [5.74, 6) is 0.0710. The number of aromatic nitrogens is 1. The van der Waals surface area contributed by atoms with Crippen molar-refractivity contribution in [3.05, 3.63) is 51.9 Å². The van der Waals surface area contributed by atoms with E-state index < -0.39 is 0 Å². The minimum atomic E-state index is 0.0710. The van der Waals surface area contributed by atoms with Crippen molar-refractivity contribution in [2.24, 2.45) is 7.05 Å². The van der Waals surface area contributed by atoms with Crippen LogP contribution in [0.5, 0.6) is 0 Å². The molecule has 0 spiro atoms. The number of nitrogens with zero attached hydrogens (tertiary/aromatic N) is 1. The SMILES string of the molecule is CSC(SC)=C(C)C(=O)/C=C/c1cn(C)c2ccccc12. The lowest BCUT2D eigenvalue weighted by Gasteiger charge is -2.03. The molecule has 0 saturated carbocycles. The Morgan fingerprint density at radius 3 is 2.52 bits per heavy atom. The number of fused-ring (bicyclic) bond motifs is 1. The van der Waals surface area contributed by atoms with Crippen LogP contribution < -0.4 is 0 Å². The molecule has 2 nitrogen and oxygen atoms in total. The minimum absolute atomic E-state index is 0.0710. The van der Waals surface area contributed by atoms with Gasteiger partial charge in [0, 0.05) is 39.5 Å². The summed E-state index contributed by atoms with van der Waals surface area (Å²) >= 11 is 3.24. The number of hydrogen-bond donors (Lipinski definition) is 0. The molecule has 0 radical (unpaired) electrons. The molecule has 0 atom stereocenters. The number of aryl methyl sites for hydroxylation is 1. The molecule has 110 valence electrons. The highest BCUT2D eigenvalue weighted by Crippen LogP contribution is 2.28. The Morgan fingerprint density at radius 1 is 1.19 bits per heavy atom. The van der Waals surface area contributed by atoms with Crippen LogP contribution in [0.4, 0.5) is 0 Å². The normalized spacial score (nSPS) is 11.2. The van der Waals surface area contributed by atoms with E-state index in [0.717, 1.165) is 15.4 Å². The van der Waals surface area contributed by atoms with Crippen LogP contribution in [-0.4, -0.2) is 22.9 Å². The van der Waals surface area contributed by atoms with Gasteiger partial charge in [0.25, 0.3) is 0 Å². The number of benzene rings is 1. The predicted octanol–water partition coefficient (Wildman–Crippen LogP) is 4.72. The zero-order valence-corrected chi connectivity index (χ0v) is 14.3. The molecule has 0 bridgehead atoms. The lowest BCUT2D eigenvalue weighted by atomic mass is 10.1. The first-order valence-electron chi connectivity index (χ1n) is 6.63. The van der Waals surface area contributed by atoms with E-state index in [0.29, 0.717) is 0 Å². The third-order valence-electron chi connectivity index (χ3n) is 3.39. The zero-order chi connectivity index (χ0) is 15.4. The molecule has 0 aliphatic carbocycles. The van der Waals surface area contributed by atoms with Gasteiger partial charge in [-0.2, -0.15) is 0 Å². The Labute approximate surface area is 134 Å². The molecule has 1 aromatic heterocycles. The number of rotatable bonds is 5. The molecule has 2 rings (SSSR count). The molecule has 0 aliphatic rings. The van der Waals surface area contributed by atoms with Gasteiger partial charge in [0.1, 0.15) is 0 Å². The third-order valence-corrected chi connectivity index (χ3v) is 5.74. The van der Waals surface area contributed by atoms with E-state index in [1.807, 2.05) is 44.7 Å². The van der Waals surface area contributed by atoms with Crippen LogP contribution in [0.2, 0.25) is 0 Å². The largest absolute Gasteiger partial charge is 0.350 e. The molecule has 0 amide bonds. The smallest absolute Gasteiger partial charge is 0.183 e. The molecule has 21 heavy (non-hydrogen) atoms. The van der Waals surface area contributed by atoms with Crippen LogP contribution in [0.3, 0.4) is 0 Å². The number of allylic oxidation sites excluding steroid dienone is 2. The number of carbonyl (C=O) groups is 1. The Morgan fingerprint density at radius 2 is 1.86 bits per heavy atom. The molecule has 0 saturated heterocycles. The van der Waals surface area contributed by atoms with Gasteiger partial charge in [-0.05, 0) is 37.7 Å². The number of ketones is 1. The molecule has 0 unspecified atom stereocenters. The zero-order valence-electron chi connectivity index (χ0n) is 12.7. The standard InChI is InChI=1S/C17H19NOS2/c1-12(17(20-3)21-4)16(19)10-9-13-11-18(2)15-8-6-5-7-14(13)15/h5-11H,1-4H3/b10-9+. The van der Waals surface area contributed by atoms with Gasteiger partial charge in [-0.25, -0.2) is 0 Å². The first-order chi connectivity index (χ1) is 10.1. The highest BCUT2D eigenvalue weighted by Gasteiger charge is 2.08. The van der Waals surface area contributed by atoms with Crippen molar-refractivity contribution in [3.63, 3.8) is 0 Å². The summed E-state index contributed by atoms with van der Waals surface area (Å²) in [4.78, 5) is 12.2. The van der Waals surface area contributed by atoms with Crippen LogP contribution in [0.25, 0.3) is 17.0 Å². The maximum Gasteiger partial charge on any atom is 0.183 e. The highest BCUT2D eigenvalue weighted by molar-refractivity contribution is 8.21. The summed E-state index contributed by atoms with van der Waals surface area (Å²) in [7, 11) is 2.02. The minimum Gasteiger partial charge on any atom is -0.350 e. The van der Waals surface area contributed by atoms with Crippen LogP contribution in [0.15, 0.2) is 46.3 Å². The van der Waals surface area contributed by atoms with Crippen molar-refractivity contribution < 1.29 is 4.79 Å². The van der Waals surface area contributed by atoms with E-state index in [9.17, 15) is 4.79 Å². The summed E-state index contributed by atoms with van der Waals surface area (Å²) in [6, 6.07) is 8.21. The Balaban J connectivity index is 2.32. The maximum absolute atomic E-state index is 12.2. The van der Waals surface area contributed by atoms with E-state index in [1.165, 1.54) is 10.9 Å². The fraction of sp³-hybridized carbons (Fsp3) is 0.235. The summed E-state index contributed by atoms with van der Waals surface area (Å²) in [5, 5.41) is 1.17. The molecule has 1 aromatic carbocycles. The lowest BCUT2D eigenvalue weighted by molar-refractivity contribution is -0.111. The van der Waals surface area contributed by atoms with Gasteiger partial charge in [-0.3, -0.25) is 4.79 Å². The van der Waals surface area contributed by atoms with Crippen LogP contribution in [0, 0.1) is 0 Å². The second-order valence-electron chi connectivity index (χ2n) is 4.73. The Hall–Kier alpha value is -1.39. The second-order valence-corrected chi connectivity index (χ2v) is 6.62. The average Bonchev–Trinajstić information content (AvgIpc) is 2.83. The van der Waals surface area contributed by atoms with Crippen LogP contribution in [0.1, 0.15) is 12.5 Å². The van der Waals surface area contributed by atoms with Gasteiger partial charge in [0.15, 0.2) is 5.78 Å². The second kappa shape index (κ2) is 7.05.